The number of fused-ring (bicyclic) bond motifs is 6. The van der Waals surface area contributed by atoms with Gasteiger partial charge in [0, 0.05) is 38.2 Å². The number of para-hydroxylation sites is 2. The van der Waals surface area contributed by atoms with Gasteiger partial charge in [-0.05, 0) is 56.6 Å². The molecule has 0 saturated heterocycles. The molecule has 10 aromatic rings. The van der Waals surface area contributed by atoms with Gasteiger partial charge in [-0.2, -0.15) is 0 Å². The number of thiazole rings is 1. The van der Waals surface area contributed by atoms with Crippen molar-refractivity contribution in [1.29, 1.82) is 0 Å². The molecule has 0 fully saturated rings. The van der Waals surface area contributed by atoms with Crippen LogP contribution in [0.25, 0.3) is 103 Å². The van der Waals surface area contributed by atoms with Crippen LogP contribution in [0, 0.1) is 0 Å². The van der Waals surface area contributed by atoms with Crippen molar-refractivity contribution in [3.8, 4) is 38.0 Å². The van der Waals surface area contributed by atoms with Crippen molar-refractivity contribution in [2.24, 2.45) is 0 Å². The van der Waals surface area contributed by atoms with E-state index in [0.717, 1.165) is 10.7 Å². The quantitative estimate of drug-likeness (QED) is 0.188. The minimum Gasteiger partial charge on any atom is -0.309 e. The van der Waals surface area contributed by atoms with Gasteiger partial charge in [0.2, 0.25) is 0 Å². The predicted octanol–water partition coefficient (Wildman–Crippen LogP) is 11.6. The topological polar surface area (TPSA) is 17.8 Å². The Hall–Kier alpha value is -5.51. The Kier molecular flexibility index (Phi) is 4.24. The zero-order chi connectivity index (χ0) is 28.5. The number of nitrogens with zero attached hydrogens (tertiary/aromatic N) is 2. The van der Waals surface area contributed by atoms with Gasteiger partial charge < -0.3 is 4.57 Å². The Morgan fingerprint density at radius 2 is 1.11 bits per heavy atom. The fourth-order valence-corrected chi connectivity index (χ4v) is 9.04. The Labute approximate surface area is 256 Å². The van der Waals surface area contributed by atoms with E-state index in [9.17, 15) is 0 Å². The molecule has 3 heteroatoms. The third-order valence-electron chi connectivity index (χ3n) is 9.70. The molecular formula is C41H22N2S. The fraction of sp³-hybridized carbons (Fsp3) is 0. The highest BCUT2D eigenvalue weighted by Crippen LogP contribution is 2.53. The Morgan fingerprint density at radius 3 is 1.93 bits per heavy atom. The van der Waals surface area contributed by atoms with Crippen LogP contribution in [0.2, 0.25) is 0 Å². The van der Waals surface area contributed by atoms with Crippen LogP contribution < -0.4 is 0 Å². The summed E-state index contributed by atoms with van der Waals surface area (Å²) in [7, 11) is 0. The molecule has 0 N–H and O–H groups in total. The van der Waals surface area contributed by atoms with Crippen molar-refractivity contribution in [1.82, 2.24) is 9.55 Å². The van der Waals surface area contributed by atoms with Crippen LogP contribution in [0.5, 0.6) is 0 Å². The van der Waals surface area contributed by atoms with Gasteiger partial charge >= 0.3 is 0 Å². The summed E-state index contributed by atoms with van der Waals surface area (Å²) in [5.74, 6) is 0. The fourth-order valence-electron chi connectivity index (χ4n) is 7.89. The van der Waals surface area contributed by atoms with Crippen molar-refractivity contribution in [2.45, 2.75) is 0 Å². The summed E-state index contributed by atoms with van der Waals surface area (Å²) in [5.41, 5.74) is 8.52. The van der Waals surface area contributed by atoms with Crippen molar-refractivity contribution < 1.29 is 0 Å². The van der Waals surface area contributed by atoms with Crippen molar-refractivity contribution in [3.05, 3.63) is 133 Å². The molecule has 0 aliphatic heterocycles. The molecule has 0 bridgehead atoms. The van der Waals surface area contributed by atoms with Crippen LogP contribution in [-0.4, -0.2) is 9.55 Å². The third kappa shape index (κ3) is 2.78. The van der Waals surface area contributed by atoms with Crippen LogP contribution in [-0.2, 0) is 0 Å². The van der Waals surface area contributed by atoms with Crippen molar-refractivity contribution >= 4 is 76.2 Å². The molecule has 0 radical (unpaired) electrons. The maximum Gasteiger partial charge on any atom is 0.125 e. The van der Waals surface area contributed by atoms with Crippen LogP contribution >= 0.6 is 11.3 Å². The van der Waals surface area contributed by atoms with E-state index in [-0.39, 0.29) is 0 Å². The maximum absolute atomic E-state index is 5.41. The highest BCUT2D eigenvalue weighted by molar-refractivity contribution is 7.19. The first kappa shape index (κ1) is 23.0. The summed E-state index contributed by atoms with van der Waals surface area (Å²) in [5, 5.41) is 14.0. The SMILES string of the molecule is c1cc2ccc3cccc4c(-c5nc6c(s5)-c5cccc7c(-n8c9ccccc9c9ccccc98)ccc-6c57)cc(c1)c2c34. The average molecular weight is 575 g/mol. The largest absolute Gasteiger partial charge is 0.309 e. The van der Waals surface area contributed by atoms with Gasteiger partial charge in [-0.3, -0.25) is 0 Å². The lowest BCUT2D eigenvalue weighted by atomic mass is 9.91. The summed E-state index contributed by atoms with van der Waals surface area (Å²) in [6.45, 7) is 0. The normalized spacial score (nSPS) is 12.5. The van der Waals surface area contributed by atoms with Crippen LogP contribution in [0.4, 0.5) is 0 Å². The summed E-state index contributed by atoms with van der Waals surface area (Å²) in [4.78, 5) is 6.68. The minimum absolute atomic E-state index is 1.09. The molecule has 2 aromatic heterocycles. The minimum atomic E-state index is 1.09. The first-order chi connectivity index (χ1) is 21.8. The third-order valence-corrected chi connectivity index (χ3v) is 10.8. The molecule has 8 aromatic carbocycles. The number of aromatic nitrogens is 2. The molecular weight excluding hydrogens is 553 g/mol. The van der Waals surface area contributed by atoms with Gasteiger partial charge in [-0.15, -0.1) is 11.3 Å². The van der Waals surface area contributed by atoms with Crippen LogP contribution in [0.3, 0.4) is 0 Å². The van der Waals surface area contributed by atoms with Gasteiger partial charge in [0.15, 0.2) is 0 Å². The molecule has 11 rings (SSSR count). The zero-order valence-electron chi connectivity index (χ0n) is 23.5. The predicted molar refractivity (Wildman–Crippen MR) is 188 cm³/mol. The van der Waals surface area contributed by atoms with Gasteiger partial charge in [0.05, 0.1) is 27.3 Å². The molecule has 0 unspecified atom stereocenters. The van der Waals surface area contributed by atoms with E-state index >= 15 is 0 Å². The number of hydrogen-bond acceptors (Lipinski definition) is 2. The standard InChI is InChI=1S/C41H22N2S/c1-3-16-33-26(11-1)27-12-2-4-17-34(27)43(33)35-21-20-30-38-29(35)14-7-15-31(38)40-39(30)42-41(44-40)32-22-25-10-5-8-23-18-19-24-9-6-13-28(32)37(24)36(23)25/h1-22H. The summed E-state index contributed by atoms with van der Waals surface area (Å²) >= 11 is 1.83. The molecule has 2 nitrogen and oxygen atoms in total. The molecule has 2 heterocycles. The Morgan fingerprint density at radius 1 is 0.455 bits per heavy atom. The van der Waals surface area contributed by atoms with Crippen LogP contribution in [0.1, 0.15) is 0 Å². The highest BCUT2D eigenvalue weighted by atomic mass is 32.1. The molecule has 202 valence electrons. The van der Waals surface area contributed by atoms with E-state index in [4.69, 9.17) is 4.98 Å². The van der Waals surface area contributed by atoms with Gasteiger partial charge in [0.25, 0.3) is 0 Å². The monoisotopic (exact) mass is 574 g/mol. The number of benzene rings is 8. The van der Waals surface area contributed by atoms with E-state index in [1.54, 1.807) is 0 Å². The molecule has 44 heavy (non-hydrogen) atoms. The van der Waals surface area contributed by atoms with E-state index in [0.29, 0.717) is 0 Å². The second kappa shape index (κ2) is 8.10. The smallest absolute Gasteiger partial charge is 0.125 e. The lowest BCUT2D eigenvalue weighted by Crippen LogP contribution is -1.95. The lowest BCUT2D eigenvalue weighted by molar-refractivity contribution is 1.20. The van der Waals surface area contributed by atoms with E-state index in [1.165, 1.54) is 92.2 Å². The van der Waals surface area contributed by atoms with E-state index in [2.05, 4.69) is 138 Å². The molecule has 1 aliphatic rings. The molecule has 0 amide bonds. The maximum atomic E-state index is 5.41. The van der Waals surface area contributed by atoms with Crippen molar-refractivity contribution in [3.63, 3.8) is 0 Å². The van der Waals surface area contributed by atoms with Gasteiger partial charge in [0.1, 0.15) is 5.01 Å². The van der Waals surface area contributed by atoms with E-state index < -0.39 is 0 Å². The Balaban J connectivity index is 1.16. The lowest BCUT2D eigenvalue weighted by Gasteiger charge is -2.14. The molecule has 0 saturated carbocycles. The Bertz CT molecular complexity index is 2750. The van der Waals surface area contributed by atoms with E-state index in [1.807, 2.05) is 11.3 Å². The summed E-state index contributed by atoms with van der Waals surface area (Å²) < 4.78 is 2.43. The summed E-state index contributed by atoms with van der Waals surface area (Å²) in [6.07, 6.45) is 0. The second-order valence-corrected chi connectivity index (χ2v) is 12.9. The first-order valence-electron chi connectivity index (χ1n) is 15.1. The molecule has 1 aliphatic carbocycles. The number of rotatable bonds is 2. The first-order valence-corrected chi connectivity index (χ1v) is 15.9. The van der Waals surface area contributed by atoms with Gasteiger partial charge in [-0.25, -0.2) is 4.98 Å². The number of hydrogen-bond donors (Lipinski definition) is 0. The summed E-state index contributed by atoms with van der Waals surface area (Å²) in [6, 6.07) is 49.0. The second-order valence-electron chi connectivity index (χ2n) is 11.9. The van der Waals surface area contributed by atoms with Crippen molar-refractivity contribution in [2.75, 3.05) is 0 Å². The van der Waals surface area contributed by atoms with Gasteiger partial charge in [-0.1, -0.05) is 109 Å². The molecule has 0 atom stereocenters. The van der Waals surface area contributed by atoms with Crippen LogP contribution in [0.15, 0.2) is 133 Å². The highest BCUT2D eigenvalue weighted by Gasteiger charge is 2.28. The molecule has 0 spiro atoms. The average Bonchev–Trinajstić information content (AvgIpc) is 3.75. The zero-order valence-corrected chi connectivity index (χ0v) is 24.3.